The summed E-state index contributed by atoms with van der Waals surface area (Å²) in [6.45, 7) is 5.74. The van der Waals surface area contributed by atoms with E-state index in [-0.39, 0.29) is 12.2 Å². The maximum Gasteiger partial charge on any atom is 0.347 e. The molecule has 180 valence electrons. The molecule has 10 heteroatoms. The van der Waals surface area contributed by atoms with Crippen molar-refractivity contribution >= 4 is 70.9 Å². The Morgan fingerprint density at radius 3 is 2.53 bits per heavy atom. The van der Waals surface area contributed by atoms with Crippen LogP contribution in [0.3, 0.4) is 0 Å². The lowest BCUT2D eigenvalue weighted by Crippen LogP contribution is -2.26. The van der Waals surface area contributed by atoms with E-state index in [1.165, 1.54) is 4.68 Å². The molecule has 0 spiro atoms. The van der Waals surface area contributed by atoms with Crippen molar-refractivity contribution in [3.63, 3.8) is 0 Å². The molecule has 1 atom stereocenters. The fraction of sp³-hybridized carbons (Fsp3) is 0.333. The zero-order valence-electron chi connectivity index (χ0n) is 19.0. The molecule has 1 aromatic heterocycles. The van der Waals surface area contributed by atoms with Crippen LogP contribution in [0.15, 0.2) is 53.6 Å². The first-order valence-electron chi connectivity index (χ1n) is 10.8. The second-order valence-electron chi connectivity index (χ2n) is 7.48. The van der Waals surface area contributed by atoms with Crippen LogP contribution in [0.2, 0.25) is 0 Å². The van der Waals surface area contributed by atoms with Crippen molar-refractivity contribution in [2.45, 2.75) is 46.1 Å². The number of carbonyl (C=O) groups is 1. The maximum atomic E-state index is 13.2. The molecule has 0 fully saturated rings. The smallest absolute Gasteiger partial charge is 0.347 e. The normalized spacial score (nSPS) is 12.3. The standard InChI is InChI=1S/C24H24Br3N3O4/c1-4-6-7-21-29-20-9-8-16(25)12-17(20)23(31)30(21)28-13-15-10-18(26)22(19(27)11-15)34-14(3)24(32)33-5-2/h8-14H,4-7H2,1-3H3/t14-/m1/s1. The van der Waals surface area contributed by atoms with Gasteiger partial charge in [-0.25, -0.2) is 9.78 Å². The topological polar surface area (TPSA) is 82.8 Å². The van der Waals surface area contributed by atoms with Crippen LogP contribution in [0.5, 0.6) is 5.75 Å². The summed E-state index contributed by atoms with van der Waals surface area (Å²) in [5.41, 5.74) is 1.14. The second-order valence-corrected chi connectivity index (χ2v) is 10.1. The Balaban J connectivity index is 1.97. The summed E-state index contributed by atoms with van der Waals surface area (Å²) >= 11 is 10.4. The van der Waals surface area contributed by atoms with E-state index in [1.807, 2.05) is 12.1 Å². The highest BCUT2D eigenvalue weighted by Crippen LogP contribution is 2.35. The lowest BCUT2D eigenvalue weighted by atomic mass is 10.2. The van der Waals surface area contributed by atoms with Gasteiger partial charge in [-0.15, -0.1) is 0 Å². The molecule has 2 aromatic carbocycles. The van der Waals surface area contributed by atoms with E-state index in [0.29, 0.717) is 37.8 Å². The Bertz CT molecular complexity index is 1270. The Kier molecular flexibility index (Phi) is 9.44. The van der Waals surface area contributed by atoms with Crippen molar-refractivity contribution in [1.29, 1.82) is 0 Å². The third-order valence-corrected chi connectivity index (χ3v) is 6.56. The van der Waals surface area contributed by atoms with Gasteiger partial charge in [0.15, 0.2) is 6.10 Å². The van der Waals surface area contributed by atoms with Crippen LogP contribution in [-0.4, -0.2) is 34.6 Å². The van der Waals surface area contributed by atoms with E-state index < -0.39 is 12.1 Å². The van der Waals surface area contributed by atoms with E-state index in [1.54, 1.807) is 38.3 Å². The third kappa shape index (κ3) is 6.34. The molecule has 1 heterocycles. The van der Waals surface area contributed by atoms with Gasteiger partial charge in [0.05, 0.1) is 32.7 Å². The summed E-state index contributed by atoms with van der Waals surface area (Å²) in [4.78, 5) is 29.8. The van der Waals surface area contributed by atoms with Crippen molar-refractivity contribution in [2.24, 2.45) is 5.10 Å². The number of aromatic nitrogens is 2. The fourth-order valence-corrected chi connectivity index (χ4v) is 4.96. The first-order valence-corrected chi connectivity index (χ1v) is 13.2. The van der Waals surface area contributed by atoms with Gasteiger partial charge in [0.2, 0.25) is 0 Å². The molecular weight excluding hydrogens is 634 g/mol. The van der Waals surface area contributed by atoms with Crippen molar-refractivity contribution < 1.29 is 14.3 Å². The summed E-state index contributed by atoms with van der Waals surface area (Å²) < 4.78 is 14.2. The van der Waals surface area contributed by atoms with Crippen molar-refractivity contribution in [2.75, 3.05) is 6.61 Å². The van der Waals surface area contributed by atoms with Gasteiger partial charge in [0, 0.05) is 10.9 Å². The molecule has 0 amide bonds. The number of carbonyl (C=O) groups excluding carboxylic acids is 1. The van der Waals surface area contributed by atoms with Crippen molar-refractivity contribution in [1.82, 2.24) is 9.66 Å². The van der Waals surface area contributed by atoms with E-state index in [2.05, 4.69) is 64.8 Å². The summed E-state index contributed by atoms with van der Waals surface area (Å²) in [6.07, 6.45) is 3.34. The molecule has 3 rings (SSSR count). The summed E-state index contributed by atoms with van der Waals surface area (Å²) in [5.74, 6) is 0.636. The lowest BCUT2D eigenvalue weighted by molar-refractivity contribution is -0.150. The minimum absolute atomic E-state index is 0.227. The molecule has 0 saturated heterocycles. The van der Waals surface area contributed by atoms with Crippen LogP contribution in [0.25, 0.3) is 10.9 Å². The highest BCUT2D eigenvalue weighted by atomic mass is 79.9. The molecular formula is C24H24Br3N3O4. The molecule has 0 bridgehead atoms. The fourth-order valence-electron chi connectivity index (χ4n) is 3.19. The highest BCUT2D eigenvalue weighted by Gasteiger charge is 2.19. The predicted molar refractivity (Wildman–Crippen MR) is 144 cm³/mol. The average molecular weight is 658 g/mol. The number of esters is 1. The monoisotopic (exact) mass is 655 g/mol. The number of hydrogen-bond donors (Lipinski definition) is 0. The van der Waals surface area contributed by atoms with Gasteiger partial charge < -0.3 is 9.47 Å². The first kappa shape index (κ1) is 26.6. The van der Waals surface area contributed by atoms with Gasteiger partial charge in [-0.1, -0.05) is 29.3 Å². The summed E-state index contributed by atoms with van der Waals surface area (Å²) in [5, 5.41) is 4.97. The molecule has 0 saturated carbocycles. The number of fused-ring (bicyclic) bond motifs is 1. The minimum Gasteiger partial charge on any atom is -0.477 e. The molecule has 0 N–H and O–H groups in total. The Hall–Kier alpha value is -2.04. The first-order chi connectivity index (χ1) is 16.2. The molecule has 34 heavy (non-hydrogen) atoms. The Labute approximate surface area is 222 Å². The van der Waals surface area contributed by atoms with E-state index in [4.69, 9.17) is 9.47 Å². The quantitative estimate of drug-likeness (QED) is 0.201. The maximum absolute atomic E-state index is 13.2. The van der Waals surface area contributed by atoms with Crippen molar-refractivity contribution in [3.05, 3.63) is 65.5 Å². The lowest BCUT2D eigenvalue weighted by Gasteiger charge is -2.16. The largest absolute Gasteiger partial charge is 0.477 e. The average Bonchev–Trinajstić information content (AvgIpc) is 2.80. The Morgan fingerprint density at radius 1 is 1.18 bits per heavy atom. The number of halogens is 3. The van der Waals surface area contributed by atoms with E-state index in [0.717, 1.165) is 22.9 Å². The number of unbranched alkanes of at least 4 members (excludes halogenated alkanes) is 1. The van der Waals surface area contributed by atoms with Crippen LogP contribution < -0.4 is 10.3 Å². The zero-order valence-corrected chi connectivity index (χ0v) is 23.7. The van der Waals surface area contributed by atoms with Crippen LogP contribution in [0.4, 0.5) is 0 Å². The number of benzene rings is 2. The van der Waals surface area contributed by atoms with Crippen LogP contribution in [0.1, 0.15) is 45.0 Å². The van der Waals surface area contributed by atoms with Crippen molar-refractivity contribution in [3.8, 4) is 5.75 Å². The van der Waals surface area contributed by atoms with Gasteiger partial charge >= 0.3 is 5.97 Å². The van der Waals surface area contributed by atoms with Gasteiger partial charge in [-0.05, 0) is 88.0 Å². The molecule has 0 aliphatic rings. The van der Waals surface area contributed by atoms with E-state index >= 15 is 0 Å². The molecule has 7 nitrogen and oxygen atoms in total. The Morgan fingerprint density at radius 2 is 1.88 bits per heavy atom. The highest BCUT2D eigenvalue weighted by molar-refractivity contribution is 9.11. The van der Waals surface area contributed by atoms with Crippen LogP contribution in [-0.2, 0) is 16.0 Å². The predicted octanol–water partition coefficient (Wildman–Crippen LogP) is 6.24. The molecule has 0 radical (unpaired) electrons. The molecule has 0 aliphatic carbocycles. The number of ether oxygens (including phenoxy) is 2. The minimum atomic E-state index is -0.769. The summed E-state index contributed by atoms with van der Waals surface area (Å²) in [6, 6.07) is 9.04. The zero-order chi connectivity index (χ0) is 24.8. The number of hydrogen-bond acceptors (Lipinski definition) is 6. The molecule has 3 aromatic rings. The summed E-state index contributed by atoms with van der Waals surface area (Å²) in [7, 11) is 0. The second kappa shape index (κ2) is 12.1. The van der Waals surface area contributed by atoms with Gasteiger partial charge in [0.25, 0.3) is 5.56 Å². The van der Waals surface area contributed by atoms with Gasteiger partial charge in [-0.2, -0.15) is 9.78 Å². The van der Waals surface area contributed by atoms with Gasteiger partial charge in [0.1, 0.15) is 11.6 Å². The van der Waals surface area contributed by atoms with Crippen LogP contribution >= 0.6 is 47.8 Å². The number of nitrogens with zero attached hydrogens (tertiary/aromatic N) is 3. The molecule has 0 unspecified atom stereocenters. The molecule has 0 aliphatic heterocycles. The van der Waals surface area contributed by atoms with Gasteiger partial charge in [-0.3, -0.25) is 4.79 Å². The number of aryl methyl sites for hydroxylation is 1. The van der Waals surface area contributed by atoms with Crippen LogP contribution in [0, 0.1) is 0 Å². The van der Waals surface area contributed by atoms with E-state index in [9.17, 15) is 9.59 Å². The SMILES string of the molecule is CCCCc1nc2ccc(Br)cc2c(=O)n1N=Cc1cc(Br)c(O[C@H](C)C(=O)OCC)c(Br)c1. The third-order valence-electron chi connectivity index (χ3n) is 4.89. The number of rotatable bonds is 9.